The van der Waals surface area contributed by atoms with Crippen LogP contribution < -0.4 is 5.32 Å². The first-order chi connectivity index (χ1) is 10.3. The number of benzene rings is 1. The van der Waals surface area contributed by atoms with Gasteiger partial charge in [-0.1, -0.05) is 22.0 Å². The molecule has 1 aromatic rings. The second-order valence-corrected chi connectivity index (χ2v) is 7.36. The smallest absolute Gasteiger partial charge is 0.220 e. The molecular weight excluding hydrogens is 370 g/mol. The predicted octanol–water partition coefficient (Wildman–Crippen LogP) is 3.21. The number of nitrogens with one attached hydrogen (secondary N) is 1. The van der Waals surface area contributed by atoms with E-state index in [0.29, 0.717) is 29.8 Å². The first-order valence-electron chi connectivity index (χ1n) is 7.16. The van der Waals surface area contributed by atoms with Crippen molar-refractivity contribution >= 4 is 39.2 Å². The number of rotatable bonds is 4. The molecule has 0 bridgehead atoms. The fourth-order valence-electron chi connectivity index (χ4n) is 2.69. The number of halogens is 2. The molecule has 2 atom stereocenters. The topological polar surface area (TPSA) is 66.4 Å². The van der Waals surface area contributed by atoms with Gasteiger partial charge in [-0.3, -0.25) is 9.59 Å². The Balaban J connectivity index is 2.38. The van der Waals surface area contributed by atoms with Crippen LogP contribution in [-0.2, 0) is 4.79 Å². The molecule has 0 heterocycles. The largest absolute Gasteiger partial charge is 0.390 e. The van der Waals surface area contributed by atoms with Gasteiger partial charge < -0.3 is 10.4 Å². The van der Waals surface area contributed by atoms with Gasteiger partial charge in [-0.15, -0.1) is 11.6 Å². The molecule has 0 saturated carbocycles. The quantitative estimate of drug-likeness (QED) is 0.778. The Morgan fingerprint density at radius 2 is 2.14 bits per heavy atom. The fraction of sp³-hybridized carbons (Fsp3) is 0.500. The number of hydrogen-bond acceptors (Lipinski definition) is 3. The lowest BCUT2D eigenvalue weighted by molar-refractivity contribution is -0.123. The standard InChI is InChI=1S/C16H19BrClNO3/c1-16(2)14(21)11-8-9(17)5-6-10(11)13(15(16)22)19-12(20)4-3-7-18/h5-6,8,13,15,22H,3-4,7H2,1-2H3,(H,19,20)/t13-,15+/m1/s1. The van der Waals surface area contributed by atoms with Crippen molar-refractivity contribution in [3.8, 4) is 0 Å². The number of aliphatic hydroxyl groups excluding tert-OH is 1. The first-order valence-corrected chi connectivity index (χ1v) is 8.49. The number of Topliss-reactive ketones (excluding diaryl/α,β-unsaturated/α-hetero) is 1. The monoisotopic (exact) mass is 387 g/mol. The molecule has 0 unspecified atom stereocenters. The number of hydrogen-bond donors (Lipinski definition) is 2. The van der Waals surface area contributed by atoms with Crippen LogP contribution in [0, 0.1) is 5.41 Å². The van der Waals surface area contributed by atoms with Crippen LogP contribution in [0.2, 0.25) is 0 Å². The van der Waals surface area contributed by atoms with Gasteiger partial charge in [-0.25, -0.2) is 0 Å². The number of ketones is 1. The molecular formula is C16H19BrClNO3. The van der Waals surface area contributed by atoms with E-state index in [1.54, 1.807) is 32.0 Å². The van der Waals surface area contributed by atoms with Crippen LogP contribution in [0.15, 0.2) is 22.7 Å². The third-order valence-corrected chi connectivity index (χ3v) is 4.85. The summed E-state index contributed by atoms with van der Waals surface area (Å²) in [5.74, 6) is 0.111. The first kappa shape index (κ1) is 17.4. The normalized spacial score (nSPS) is 23.0. The van der Waals surface area contributed by atoms with Gasteiger partial charge in [0.1, 0.15) is 0 Å². The van der Waals surface area contributed by atoms with Crippen molar-refractivity contribution in [2.24, 2.45) is 5.41 Å². The third-order valence-electron chi connectivity index (χ3n) is 4.09. The molecule has 22 heavy (non-hydrogen) atoms. The van der Waals surface area contributed by atoms with E-state index in [9.17, 15) is 14.7 Å². The van der Waals surface area contributed by atoms with E-state index in [-0.39, 0.29) is 11.7 Å². The number of carbonyl (C=O) groups is 2. The summed E-state index contributed by atoms with van der Waals surface area (Å²) in [6, 6.07) is 4.71. The molecule has 2 N–H and O–H groups in total. The lowest BCUT2D eigenvalue weighted by Gasteiger charge is -2.41. The maximum Gasteiger partial charge on any atom is 0.220 e. The molecule has 4 nitrogen and oxygen atoms in total. The molecule has 1 aliphatic carbocycles. The zero-order chi connectivity index (χ0) is 16.5. The molecule has 2 rings (SSSR count). The Kier molecular flexibility index (Phi) is 5.30. The van der Waals surface area contributed by atoms with Crippen LogP contribution in [0.25, 0.3) is 0 Å². The second-order valence-electron chi connectivity index (χ2n) is 6.06. The summed E-state index contributed by atoms with van der Waals surface area (Å²) >= 11 is 8.96. The van der Waals surface area contributed by atoms with Crippen LogP contribution in [0.4, 0.5) is 0 Å². The molecule has 0 spiro atoms. The van der Waals surface area contributed by atoms with Crippen molar-refractivity contribution in [3.63, 3.8) is 0 Å². The van der Waals surface area contributed by atoms with Crippen LogP contribution in [-0.4, -0.2) is 28.8 Å². The van der Waals surface area contributed by atoms with Gasteiger partial charge in [0.05, 0.1) is 17.6 Å². The van der Waals surface area contributed by atoms with Crippen molar-refractivity contribution in [2.75, 3.05) is 5.88 Å². The zero-order valence-corrected chi connectivity index (χ0v) is 14.9. The minimum absolute atomic E-state index is 0.123. The molecule has 0 aromatic heterocycles. The number of amides is 1. The maximum atomic E-state index is 12.6. The van der Waals surface area contributed by atoms with Gasteiger partial charge in [0.2, 0.25) is 5.91 Å². The minimum Gasteiger partial charge on any atom is -0.390 e. The summed E-state index contributed by atoms with van der Waals surface area (Å²) in [5.41, 5.74) is 0.227. The van der Waals surface area contributed by atoms with Crippen LogP contribution in [0.5, 0.6) is 0 Å². The summed E-state index contributed by atoms with van der Waals surface area (Å²) in [7, 11) is 0. The molecule has 1 amide bonds. The lowest BCUT2D eigenvalue weighted by Crippen LogP contribution is -2.51. The van der Waals surface area contributed by atoms with Crippen molar-refractivity contribution in [2.45, 2.75) is 38.8 Å². The molecule has 0 radical (unpaired) electrons. The number of carbonyl (C=O) groups excluding carboxylic acids is 2. The summed E-state index contributed by atoms with van der Waals surface area (Å²) < 4.78 is 0.791. The van der Waals surface area contributed by atoms with E-state index < -0.39 is 17.6 Å². The Morgan fingerprint density at radius 1 is 1.45 bits per heavy atom. The highest BCUT2D eigenvalue weighted by Crippen LogP contribution is 2.41. The average Bonchev–Trinajstić information content (AvgIpc) is 2.48. The van der Waals surface area contributed by atoms with E-state index in [2.05, 4.69) is 21.2 Å². The van der Waals surface area contributed by atoms with E-state index in [4.69, 9.17) is 11.6 Å². The third kappa shape index (κ3) is 3.21. The van der Waals surface area contributed by atoms with Crippen LogP contribution in [0.3, 0.4) is 0 Å². The van der Waals surface area contributed by atoms with Gasteiger partial charge in [0, 0.05) is 22.3 Å². The fourth-order valence-corrected chi connectivity index (χ4v) is 3.19. The number of fused-ring (bicyclic) bond motifs is 1. The number of alkyl halides is 1. The highest BCUT2D eigenvalue weighted by molar-refractivity contribution is 9.10. The summed E-state index contributed by atoms with van der Waals surface area (Å²) in [5, 5.41) is 13.4. The van der Waals surface area contributed by atoms with Gasteiger partial charge in [-0.05, 0) is 38.0 Å². The highest BCUT2D eigenvalue weighted by atomic mass is 79.9. The zero-order valence-electron chi connectivity index (χ0n) is 12.5. The predicted molar refractivity (Wildman–Crippen MR) is 89.1 cm³/mol. The van der Waals surface area contributed by atoms with Gasteiger partial charge in [-0.2, -0.15) is 0 Å². The Bertz CT molecular complexity index is 603. The van der Waals surface area contributed by atoms with Crippen LogP contribution in [0.1, 0.15) is 48.7 Å². The molecule has 1 aliphatic rings. The number of aliphatic hydroxyl groups is 1. The maximum absolute atomic E-state index is 12.6. The minimum atomic E-state index is -0.978. The van der Waals surface area contributed by atoms with Crippen LogP contribution >= 0.6 is 27.5 Å². The average molecular weight is 389 g/mol. The SMILES string of the molecule is CC1(C)C(=O)c2cc(Br)ccc2[C@@H](NC(=O)CCCCl)[C@@H]1O. The molecule has 1 aromatic carbocycles. The van der Waals surface area contributed by atoms with Gasteiger partial charge in [0.15, 0.2) is 5.78 Å². The summed E-state index contributed by atoms with van der Waals surface area (Å²) in [6.45, 7) is 3.39. The summed E-state index contributed by atoms with van der Waals surface area (Å²) in [6.07, 6.45) is -0.104. The van der Waals surface area contributed by atoms with E-state index in [0.717, 1.165) is 4.47 Å². The second kappa shape index (κ2) is 6.69. The Labute approximate surface area is 143 Å². The molecule has 0 fully saturated rings. The van der Waals surface area contributed by atoms with Crippen molar-refractivity contribution in [1.29, 1.82) is 0 Å². The Hall–Kier alpha value is -0.910. The molecule has 120 valence electrons. The molecule has 0 aliphatic heterocycles. The summed E-state index contributed by atoms with van der Waals surface area (Å²) in [4.78, 5) is 24.6. The van der Waals surface area contributed by atoms with Crippen molar-refractivity contribution < 1.29 is 14.7 Å². The highest BCUT2D eigenvalue weighted by Gasteiger charge is 2.47. The molecule has 0 saturated heterocycles. The molecule has 6 heteroatoms. The van der Waals surface area contributed by atoms with E-state index in [1.165, 1.54) is 0 Å². The Morgan fingerprint density at radius 3 is 2.77 bits per heavy atom. The van der Waals surface area contributed by atoms with Crippen molar-refractivity contribution in [1.82, 2.24) is 5.32 Å². The van der Waals surface area contributed by atoms with E-state index in [1.807, 2.05) is 0 Å². The van der Waals surface area contributed by atoms with Gasteiger partial charge in [0.25, 0.3) is 0 Å². The lowest BCUT2D eigenvalue weighted by atomic mass is 9.68. The van der Waals surface area contributed by atoms with E-state index >= 15 is 0 Å². The van der Waals surface area contributed by atoms with Gasteiger partial charge >= 0.3 is 0 Å². The van der Waals surface area contributed by atoms with Crippen molar-refractivity contribution in [3.05, 3.63) is 33.8 Å².